The Balaban J connectivity index is 1.92. The Morgan fingerprint density at radius 1 is 1.43 bits per heavy atom. The molecule has 0 bridgehead atoms. The lowest BCUT2D eigenvalue weighted by Crippen LogP contribution is -2.38. The van der Waals surface area contributed by atoms with Gasteiger partial charge in [-0.1, -0.05) is 5.16 Å². The molecule has 0 spiro atoms. The molecule has 7 heteroatoms. The van der Waals surface area contributed by atoms with Gasteiger partial charge in [-0.3, -0.25) is 9.78 Å². The van der Waals surface area contributed by atoms with E-state index in [1.807, 2.05) is 11.8 Å². The second kappa shape index (κ2) is 7.31. The Morgan fingerprint density at radius 3 is 2.67 bits per heavy atom. The number of amides is 1. The summed E-state index contributed by atoms with van der Waals surface area (Å²) in [5, 5.41) is 15.2. The first-order valence-electron chi connectivity index (χ1n) is 6.91. The Morgan fingerprint density at radius 2 is 2.14 bits per heavy atom. The summed E-state index contributed by atoms with van der Waals surface area (Å²) >= 11 is 1.90. The molecule has 0 aliphatic heterocycles. The molecule has 4 N–H and O–H groups in total. The fraction of sp³-hybridized carbons (Fsp3) is 0.500. The van der Waals surface area contributed by atoms with Crippen LogP contribution in [0.3, 0.4) is 0 Å². The van der Waals surface area contributed by atoms with E-state index in [0.717, 1.165) is 30.9 Å². The molecule has 6 nitrogen and oxygen atoms in total. The van der Waals surface area contributed by atoms with Crippen LogP contribution in [0.15, 0.2) is 23.5 Å². The average molecular weight is 308 g/mol. The van der Waals surface area contributed by atoms with E-state index in [1.165, 1.54) is 6.20 Å². The molecule has 2 rings (SSSR count). The highest BCUT2D eigenvalue weighted by atomic mass is 32.2. The summed E-state index contributed by atoms with van der Waals surface area (Å²) in [4.78, 5) is 16.2. The van der Waals surface area contributed by atoms with Crippen molar-refractivity contribution in [2.75, 3.05) is 6.26 Å². The van der Waals surface area contributed by atoms with Crippen molar-refractivity contribution >= 4 is 23.5 Å². The van der Waals surface area contributed by atoms with Crippen molar-refractivity contribution < 1.29 is 10.0 Å². The zero-order chi connectivity index (χ0) is 15.2. The van der Waals surface area contributed by atoms with Crippen molar-refractivity contribution in [2.45, 2.75) is 37.0 Å². The van der Waals surface area contributed by atoms with E-state index in [-0.39, 0.29) is 17.8 Å². The summed E-state index contributed by atoms with van der Waals surface area (Å²) < 4.78 is 0. The van der Waals surface area contributed by atoms with Crippen molar-refractivity contribution in [1.82, 2.24) is 10.3 Å². The van der Waals surface area contributed by atoms with Crippen LogP contribution in [0.25, 0.3) is 0 Å². The first-order chi connectivity index (χ1) is 10.1. The standard InChI is InChI=1S/C14H20N4O2S/c1-21-11-5-3-10(4-6-11)17-14(19)12-7-2-9(8-16-12)13(15)18-20/h2,7-8,10-11,20H,3-6H2,1H3,(H2,15,18)(H,17,19). The molecule has 1 aliphatic carbocycles. The first kappa shape index (κ1) is 15.6. The number of nitrogens with one attached hydrogen (secondary N) is 1. The maximum Gasteiger partial charge on any atom is 0.270 e. The zero-order valence-electron chi connectivity index (χ0n) is 12.0. The fourth-order valence-electron chi connectivity index (χ4n) is 2.44. The minimum Gasteiger partial charge on any atom is -0.409 e. The second-order valence-electron chi connectivity index (χ2n) is 5.10. The summed E-state index contributed by atoms with van der Waals surface area (Å²) in [6.45, 7) is 0. The Labute approximate surface area is 128 Å². The number of pyridine rings is 1. The quantitative estimate of drug-likeness (QED) is 0.339. The molecular weight excluding hydrogens is 288 g/mol. The normalized spacial score (nSPS) is 22.8. The molecule has 0 aromatic carbocycles. The number of amidine groups is 1. The van der Waals surface area contributed by atoms with Crippen molar-refractivity contribution in [3.05, 3.63) is 29.6 Å². The molecule has 0 atom stereocenters. The van der Waals surface area contributed by atoms with Gasteiger partial charge in [-0.2, -0.15) is 11.8 Å². The van der Waals surface area contributed by atoms with Gasteiger partial charge in [-0.25, -0.2) is 0 Å². The van der Waals surface area contributed by atoms with Crippen LogP contribution in [0.5, 0.6) is 0 Å². The van der Waals surface area contributed by atoms with Crippen molar-refractivity contribution in [3.63, 3.8) is 0 Å². The molecule has 1 aromatic heterocycles. The Kier molecular flexibility index (Phi) is 5.44. The van der Waals surface area contributed by atoms with Gasteiger partial charge >= 0.3 is 0 Å². The SMILES string of the molecule is CSC1CCC(NC(=O)c2ccc(/C(N)=N/O)cn2)CC1. The molecule has 1 heterocycles. The highest BCUT2D eigenvalue weighted by molar-refractivity contribution is 7.99. The maximum absolute atomic E-state index is 12.1. The second-order valence-corrected chi connectivity index (χ2v) is 6.24. The van der Waals surface area contributed by atoms with E-state index >= 15 is 0 Å². The van der Waals surface area contributed by atoms with Crippen LogP contribution in [0.1, 0.15) is 41.7 Å². The molecule has 0 saturated heterocycles. The van der Waals surface area contributed by atoms with Crippen LogP contribution in [0.4, 0.5) is 0 Å². The van der Waals surface area contributed by atoms with E-state index in [1.54, 1.807) is 12.1 Å². The lowest BCUT2D eigenvalue weighted by Gasteiger charge is -2.27. The first-order valence-corrected chi connectivity index (χ1v) is 8.20. The van der Waals surface area contributed by atoms with Crippen LogP contribution >= 0.6 is 11.8 Å². The molecule has 1 aromatic rings. The number of carbonyl (C=O) groups excluding carboxylic acids is 1. The van der Waals surface area contributed by atoms with Gasteiger partial charge in [0, 0.05) is 23.1 Å². The summed E-state index contributed by atoms with van der Waals surface area (Å²) in [5.41, 5.74) is 6.28. The molecule has 0 unspecified atom stereocenters. The monoisotopic (exact) mass is 308 g/mol. The number of oxime groups is 1. The summed E-state index contributed by atoms with van der Waals surface area (Å²) in [6, 6.07) is 3.42. The summed E-state index contributed by atoms with van der Waals surface area (Å²) in [5.74, 6) is -0.196. The van der Waals surface area contributed by atoms with E-state index in [9.17, 15) is 4.79 Å². The lowest BCUT2D eigenvalue weighted by molar-refractivity contribution is 0.0923. The van der Waals surface area contributed by atoms with Crippen molar-refractivity contribution in [2.24, 2.45) is 10.9 Å². The number of nitrogens with zero attached hydrogens (tertiary/aromatic N) is 2. The Hall–Kier alpha value is -1.76. The van der Waals surface area contributed by atoms with Crippen LogP contribution in [-0.4, -0.2) is 39.5 Å². The van der Waals surface area contributed by atoms with Gasteiger partial charge in [-0.15, -0.1) is 0 Å². The van der Waals surface area contributed by atoms with E-state index in [4.69, 9.17) is 10.9 Å². The van der Waals surface area contributed by atoms with E-state index < -0.39 is 0 Å². The van der Waals surface area contributed by atoms with Gasteiger partial charge in [0.25, 0.3) is 5.91 Å². The topological polar surface area (TPSA) is 101 Å². The highest BCUT2D eigenvalue weighted by Crippen LogP contribution is 2.26. The fourth-order valence-corrected chi connectivity index (χ4v) is 3.18. The van der Waals surface area contributed by atoms with Gasteiger partial charge in [0.15, 0.2) is 5.84 Å². The third-order valence-electron chi connectivity index (χ3n) is 3.74. The average Bonchev–Trinajstić information content (AvgIpc) is 2.55. The predicted octanol–water partition coefficient (Wildman–Crippen LogP) is 1.58. The molecule has 0 radical (unpaired) electrons. The number of aromatic nitrogens is 1. The number of nitrogens with two attached hydrogens (primary N) is 1. The largest absolute Gasteiger partial charge is 0.409 e. The highest BCUT2D eigenvalue weighted by Gasteiger charge is 2.22. The zero-order valence-corrected chi connectivity index (χ0v) is 12.8. The smallest absolute Gasteiger partial charge is 0.270 e. The molecule has 1 aliphatic rings. The van der Waals surface area contributed by atoms with Gasteiger partial charge < -0.3 is 16.3 Å². The molecule has 1 amide bonds. The van der Waals surface area contributed by atoms with Crippen molar-refractivity contribution in [3.8, 4) is 0 Å². The third kappa shape index (κ3) is 4.10. The van der Waals surface area contributed by atoms with Gasteiger partial charge in [-0.05, 0) is 44.1 Å². The van der Waals surface area contributed by atoms with Crippen LogP contribution in [0, 0.1) is 0 Å². The molecule has 21 heavy (non-hydrogen) atoms. The molecule has 1 saturated carbocycles. The number of rotatable bonds is 4. The minimum absolute atomic E-state index is 0.0233. The molecular formula is C14H20N4O2S. The van der Waals surface area contributed by atoms with Gasteiger partial charge in [0.05, 0.1) is 0 Å². The number of thioether (sulfide) groups is 1. The number of carbonyl (C=O) groups is 1. The third-order valence-corrected chi connectivity index (χ3v) is 4.88. The van der Waals surface area contributed by atoms with Crippen LogP contribution in [-0.2, 0) is 0 Å². The molecule has 1 fully saturated rings. The predicted molar refractivity (Wildman–Crippen MR) is 83.8 cm³/mol. The summed E-state index contributed by atoms with van der Waals surface area (Å²) in [7, 11) is 0. The van der Waals surface area contributed by atoms with Gasteiger partial charge in [0.2, 0.25) is 0 Å². The Bertz CT molecular complexity index is 510. The van der Waals surface area contributed by atoms with Crippen LogP contribution in [0.2, 0.25) is 0 Å². The van der Waals surface area contributed by atoms with Crippen LogP contribution < -0.4 is 11.1 Å². The van der Waals surface area contributed by atoms with Crippen molar-refractivity contribution in [1.29, 1.82) is 0 Å². The summed E-state index contributed by atoms with van der Waals surface area (Å²) in [6.07, 6.45) is 7.87. The minimum atomic E-state index is -0.173. The van der Waals surface area contributed by atoms with E-state index in [2.05, 4.69) is 21.7 Å². The van der Waals surface area contributed by atoms with E-state index in [0.29, 0.717) is 11.3 Å². The lowest BCUT2D eigenvalue weighted by atomic mass is 9.95. The molecule has 114 valence electrons. The maximum atomic E-state index is 12.1. The van der Waals surface area contributed by atoms with Gasteiger partial charge in [0.1, 0.15) is 5.69 Å². The number of hydrogen-bond donors (Lipinski definition) is 3. The number of hydrogen-bond acceptors (Lipinski definition) is 5.